The number of carbonyl (C=O) groups excluding carboxylic acids is 1. The maximum absolute atomic E-state index is 12.9. The van der Waals surface area contributed by atoms with Crippen LogP contribution in [-0.2, 0) is 4.79 Å². The number of hydrogen-bond acceptors (Lipinski definition) is 4. The summed E-state index contributed by atoms with van der Waals surface area (Å²) in [5.41, 5.74) is 7.13. The lowest BCUT2D eigenvalue weighted by Gasteiger charge is -2.25. The Balaban J connectivity index is 1.53. The summed E-state index contributed by atoms with van der Waals surface area (Å²) in [7, 11) is 0. The fraction of sp³-hybridized carbons (Fsp3) is 0.533. The summed E-state index contributed by atoms with van der Waals surface area (Å²) in [6.45, 7) is 1.87. The standard InChI is InChI=1S/C15H21FN4O/c16-11-5-3-10(4-6-11)13-8-14(20-19-13)15(21)18-12-2-1-7-17-9-12/h3-6,12-14,17,19-20H,1-2,7-9H2,(H,18,21)/t12-,13?,14?/m0/s1. The minimum Gasteiger partial charge on any atom is -0.351 e. The first-order chi connectivity index (χ1) is 10.2. The van der Waals surface area contributed by atoms with Gasteiger partial charge in [-0.1, -0.05) is 12.1 Å². The first kappa shape index (κ1) is 14.4. The molecule has 2 aliphatic heterocycles. The van der Waals surface area contributed by atoms with E-state index in [9.17, 15) is 9.18 Å². The molecule has 2 fully saturated rings. The minimum absolute atomic E-state index is 0.0285. The molecule has 2 aliphatic rings. The number of hydrogen-bond donors (Lipinski definition) is 4. The van der Waals surface area contributed by atoms with Gasteiger partial charge in [-0.2, -0.15) is 0 Å². The molecule has 1 aromatic carbocycles. The van der Waals surface area contributed by atoms with Gasteiger partial charge in [-0.15, -0.1) is 0 Å². The average molecular weight is 292 g/mol. The number of benzene rings is 1. The van der Waals surface area contributed by atoms with Crippen molar-refractivity contribution in [3.63, 3.8) is 0 Å². The Morgan fingerprint density at radius 2 is 2.05 bits per heavy atom. The van der Waals surface area contributed by atoms with E-state index in [1.807, 2.05) is 0 Å². The average Bonchev–Trinajstić information content (AvgIpc) is 2.99. The summed E-state index contributed by atoms with van der Waals surface area (Å²) < 4.78 is 12.9. The van der Waals surface area contributed by atoms with Crippen molar-refractivity contribution in [1.29, 1.82) is 0 Å². The van der Waals surface area contributed by atoms with Gasteiger partial charge in [-0.05, 0) is 43.5 Å². The monoisotopic (exact) mass is 292 g/mol. The third-order valence-corrected chi connectivity index (χ3v) is 4.14. The molecular weight excluding hydrogens is 271 g/mol. The van der Waals surface area contributed by atoms with Gasteiger partial charge in [0.1, 0.15) is 11.9 Å². The molecule has 4 N–H and O–H groups in total. The molecule has 0 aromatic heterocycles. The van der Waals surface area contributed by atoms with Crippen LogP contribution in [0.5, 0.6) is 0 Å². The lowest BCUT2D eigenvalue weighted by Crippen LogP contribution is -2.51. The number of piperidine rings is 1. The highest BCUT2D eigenvalue weighted by atomic mass is 19.1. The molecule has 0 saturated carbocycles. The van der Waals surface area contributed by atoms with Crippen LogP contribution in [0.25, 0.3) is 0 Å². The Labute approximate surface area is 123 Å². The van der Waals surface area contributed by atoms with Gasteiger partial charge in [0, 0.05) is 18.6 Å². The van der Waals surface area contributed by atoms with Crippen molar-refractivity contribution in [2.45, 2.75) is 37.4 Å². The van der Waals surface area contributed by atoms with Crippen molar-refractivity contribution in [2.75, 3.05) is 13.1 Å². The van der Waals surface area contributed by atoms with Crippen LogP contribution in [0.3, 0.4) is 0 Å². The molecule has 114 valence electrons. The van der Waals surface area contributed by atoms with Gasteiger partial charge in [-0.25, -0.2) is 15.2 Å². The number of amides is 1. The van der Waals surface area contributed by atoms with Crippen molar-refractivity contribution >= 4 is 5.91 Å². The van der Waals surface area contributed by atoms with Gasteiger partial charge in [0.05, 0.1) is 0 Å². The lowest BCUT2D eigenvalue weighted by molar-refractivity contribution is -0.123. The quantitative estimate of drug-likeness (QED) is 0.659. The van der Waals surface area contributed by atoms with Crippen LogP contribution in [0.2, 0.25) is 0 Å². The molecule has 0 spiro atoms. The van der Waals surface area contributed by atoms with Crippen LogP contribution in [0.4, 0.5) is 4.39 Å². The van der Waals surface area contributed by atoms with Crippen molar-refractivity contribution in [3.8, 4) is 0 Å². The lowest BCUT2D eigenvalue weighted by atomic mass is 10.0. The molecular formula is C15H21FN4O. The van der Waals surface area contributed by atoms with E-state index >= 15 is 0 Å². The number of rotatable bonds is 3. The highest BCUT2D eigenvalue weighted by Crippen LogP contribution is 2.22. The van der Waals surface area contributed by atoms with Crippen LogP contribution in [0.15, 0.2) is 24.3 Å². The summed E-state index contributed by atoms with van der Waals surface area (Å²) in [5, 5.41) is 6.36. The van der Waals surface area contributed by atoms with Gasteiger partial charge < -0.3 is 10.6 Å². The maximum Gasteiger partial charge on any atom is 0.238 e. The van der Waals surface area contributed by atoms with E-state index in [0.29, 0.717) is 6.42 Å². The molecule has 0 bridgehead atoms. The highest BCUT2D eigenvalue weighted by Gasteiger charge is 2.31. The molecule has 2 unspecified atom stereocenters. The van der Waals surface area contributed by atoms with E-state index < -0.39 is 0 Å². The van der Waals surface area contributed by atoms with Gasteiger partial charge in [0.25, 0.3) is 0 Å². The minimum atomic E-state index is -0.248. The van der Waals surface area contributed by atoms with E-state index in [4.69, 9.17) is 0 Å². The van der Waals surface area contributed by atoms with Gasteiger partial charge in [-0.3, -0.25) is 4.79 Å². The Morgan fingerprint density at radius 1 is 1.24 bits per heavy atom. The fourth-order valence-corrected chi connectivity index (χ4v) is 2.92. The molecule has 3 rings (SSSR count). The third kappa shape index (κ3) is 3.58. The van der Waals surface area contributed by atoms with Gasteiger partial charge in [0.15, 0.2) is 0 Å². The molecule has 0 aliphatic carbocycles. The zero-order chi connectivity index (χ0) is 14.7. The largest absolute Gasteiger partial charge is 0.351 e. The summed E-state index contributed by atoms with van der Waals surface area (Å²) in [5.74, 6) is -0.218. The Bertz CT molecular complexity index is 487. The third-order valence-electron chi connectivity index (χ3n) is 4.14. The number of hydrazine groups is 1. The van der Waals surface area contributed by atoms with E-state index in [-0.39, 0.29) is 29.8 Å². The van der Waals surface area contributed by atoms with E-state index in [0.717, 1.165) is 31.5 Å². The van der Waals surface area contributed by atoms with Gasteiger partial charge in [0.2, 0.25) is 5.91 Å². The molecule has 2 saturated heterocycles. The summed E-state index contributed by atoms with van der Waals surface area (Å²) in [6, 6.07) is 6.39. The Morgan fingerprint density at radius 3 is 2.76 bits per heavy atom. The molecule has 21 heavy (non-hydrogen) atoms. The molecule has 6 heteroatoms. The molecule has 1 amide bonds. The first-order valence-corrected chi connectivity index (χ1v) is 7.50. The number of nitrogens with one attached hydrogen (secondary N) is 4. The highest BCUT2D eigenvalue weighted by molar-refractivity contribution is 5.82. The Hall–Kier alpha value is -1.50. The normalized spacial score (nSPS) is 29.3. The second kappa shape index (κ2) is 6.51. The zero-order valence-electron chi connectivity index (χ0n) is 11.9. The SMILES string of the molecule is O=C(N[C@H]1CCCNC1)C1CC(c2ccc(F)cc2)NN1. The predicted octanol–water partition coefficient (Wildman–Crippen LogP) is 0.601. The fourth-order valence-electron chi connectivity index (χ4n) is 2.92. The van der Waals surface area contributed by atoms with E-state index in [1.54, 1.807) is 12.1 Å². The predicted molar refractivity (Wildman–Crippen MR) is 77.9 cm³/mol. The second-order valence-corrected chi connectivity index (χ2v) is 5.73. The Kier molecular flexibility index (Phi) is 4.48. The second-order valence-electron chi connectivity index (χ2n) is 5.73. The van der Waals surface area contributed by atoms with Crippen LogP contribution in [0, 0.1) is 5.82 Å². The van der Waals surface area contributed by atoms with Crippen molar-refractivity contribution in [1.82, 2.24) is 21.5 Å². The van der Waals surface area contributed by atoms with Crippen LogP contribution < -0.4 is 21.5 Å². The van der Waals surface area contributed by atoms with E-state index in [2.05, 4.69) is 21.5 Å². The summed E-state index contributed by atoms with van der Waals surface area (Å²) >= 11 is 0. The summed E-state index contributed by atoms with van der Waals surface area (Å²) in [4.78, 5) is 12.2. The van der Waals surface area contributed by atoms with Crippen molar-refractivity contribution in [3.05, 3.63) is 35.6 Å². The zero-order valence-corrected chi connectivity index (χ0v) is 11.9. The summed E-state index contributed by atoms with van der Waals surface area (Å²) in [6.07, 6.45) is 2.79. The maximum atomic E-state index is 12.9. The van der Waals surface area contributed by atoms with E-state index in [1.165, 1.54) is 12.1 Å². The van der Waals surface area contributed by atoms with Gasteiger partial charge >= 0.3 is 0 Å². The number of halogens is 1. The van der Waals surface area contributed by atoms with Crippen molar-refractivity contribution < 1.29 is 9.18 Å². The molecule has 5 nitrogen and oxygen atoms in total. The first-order valence-electron chi connectivity index (χ1n) is 7.50. The topological polar surface area (TPSA) is 65.2 Å². The molecule has 3 atom stereocenters. The van der Waals surface area contributed by atoms with Crippen molar-refractivity contribution in [2.24, 2.45) is 0 Å². The molecule has 1 aromatic rings. The smallest absolute Gasteiger partial charge is 0.238 e. The molecule has 0 radical (unpaired) electrons. The van der Waals surface area contributed by atoms with Crippen LogP contribution >= 0.6 is 0 Å². The van der Waals surface area contributed by atoms with Crippen LogP contribution in [-0.4, -0.2) is 31.1 Å². The number of carbonyl (C=O) groups is 1. The van der Waals surface area contributed by atoms with Crippen LogP contribution in [0.1, 0.15) is 30.9 Å². The molecule has 2 heterocycles.